The van der Waals surface area contributed by atoms with Crippen molar-refractivity contribution in [1.82, 2.24) is 9.97 Å². The zero-order valence-corrected chi connectivity index (χ0v) is 12.6. The van der Waals surface area contributed by atoms with E-state index in [1.165, 1.54) is 0 Å². The molecule has 20 heavy (non-hydrogen) atoms. The van der Waals surface area contributed by atoms with Crippen LogP contribution in [0.5, 0.6) is 0 Å². The molecule has 0 aliphatic carbocycles. The van der Waals surface area contributed by atoms with Gasteiger partial charge >= 0.3 is 0 Å². The highest BCUT2D eigenvalue weighted by Crippen LogP contribution is 2.14. The second-order valence-electron chi connectivity index (χ2n) is 4.42. The molecule has 0 atom stereocenters. The van der Waals surface area contributed by atoms with Crippen LogP contribution in [0.1, 0.15) is 19.4 Å². The molecule has 106 valence electrons. The SMILES string of the molecule is CCN(CC)c1ccc(CNc2ccnc(Cl)c2)cn1. The van der Waals surface area contributed by atoms with Crippen LogP contribution in [0.3, 0.4) is 0 Å². The molecule has 2 heterocycles. The molecule has 2 aromatic rings. The fraction of sp³-hybridized carbons (Fsp3) is 0.333. The largest absolute Gasteiger partial charge is 0.381 e. The Hall–Kier alpha value is -1.81. The maximum Gasteiger partial charge on any atom is 0.131 e. The van der Waals surface area contributed by atoms with Gasteiger partial charge in [0.1, 0.15) is 11.0 Å². The minimum atomic E-state index is 0.491. The number of pyridine rings is 2. The number of nitrogens with one attached hydrogen (secondary N) is 1. The van der Waals surface area contributed by atoms with Crippen LogP contribution in [-0.4, -0.2) is 23.1 Å². The van der Waals surface area contributed by atoms with Gasteiger partial charge in [-0.15, -0.1) is 0 Å². The Morgan fingerprint density at radius 3 is 2.55 bits per heavy atom. The Kier molecular flexibility index (Phi) is 5.18. The summed E-state index contributed by atoms with van der Waals surface area (Å²) in [5.74, 6) is 1.02. The highest BCUT2D eigenvalue weighted by Gasteiger charge is 2.03. The van der Waals surface area contributed by atoms with E-state index in [9.17, 15) is 0 Å². The van der Waals surface area contributed by atoms with Crippen LogP contribution in [0, 0.1) is 0 Å². The number of hydrogen-bond donors (Lipinski definition) is 1. The third-order valence-corrected chi connectivity index (χ3v) is 3.33. The van der Waals surface area contributed by atoms with Gasteiger partial charge in [0.25, 0.3) is 0 Å². The fourth-order valence-electron chi connectivity index (χ4n) is 1.97. The maximum atomic E-state index is 5.85. The number of halogens is 1. The molecule has 0 unspecified atom stereocenters. The second-order valence-corrected chi connectivity index (χ2v) is 4.80. The van der Waals surface area contributed by atoms with Crippen molar-refractivity contribution in [3.63, 3.8) is 0 Å². The van der Waals surface area contributed by atoms with Crippen molar-refractivity contribution >= 4 is 23.1 Å². The summed E-state index contributed by atoms with van der Waals surface area (Å²) in [5.41, 5.74) is 2.09. The molecule has 2 aromatic heterocycles. The van der Waals surface area contributed by atoms with Crippen molar-refractivity contribution < 1.29 is 0 Å². The first-order chi connectivity index (χ1) is 9.72. The molecule has 0 bridgehead atoms. The summed E-state index contributed by atoms with van der Waals surface area (Å²) in [4.78, 5) is 10.7. The van der Waals surface area contributed by atoms with Gasteiger partial charge in [0.05, 0.1) is 0 Å². The van der Waals surface area contributed by atoms with Gasteiger partial charge in [0, 0.05) is 37.7 Å². The Morgan fingerprint density at radius 1 is 1.15 bits per heavy atom. The molecular formula is C15H19ClN4. The Bertz CT molecular complexity index is 538. The average molecular weight is 291 g/mol. The Labute approximate surface area is 124 Å². The third-order valence-electron chi connectivity index (χ3n) is 3.12. The summed E-state index contributed by atoms with van der Waals surface area (Å²) in [7, 11) is 0. The summed E-state index contributed by atoms with van der Waals surface area (Å²) < 4.78 is 0. The Morgan fingerprint density at radius 2 is 1.95 bits per heavy atom. The third kappa shape index (κ3) is 3.84. The first-order valence-electron chi connectivity index (χ1n) is 6.78. The van der Waals surface area contributed by atoms with Gasteiger partial charge in [0.15, 0.2) is 0 Å². The monoisotopic (exact) mass is 290 g/mol. The molecule has 5 heteroatoms. The lowest BCUT2D eigenvalue weighted by Gasteiger charge is -2.19. The van der Waals surface area contributed by atoms with Crippen molar-refractivity contribution in [1.29, 1.82) is 0 Å². The Balaban J connectivity index is 1.97. The van der Waals surface area contributed by atoms with E-state index in [1.54, 1.807) is 12.3 Å². The van der Waals surface area contributed by atoms with Crippen molar-refractivity contribution in [3.8, 4) is 0 Å². The normalized spacial score (nSPS) is 10.3. The van der Waals surface area contributed by atoms with Crippen LogP contribution < -0.4 is 10.2 Å². The molecule has 0 aromatic carbocycles. The smallest absolute Gasteiger partial charge is 0.131 e. The van der Waals surface area contributed by atoms with E-state index >= 15 is 0 Å². The van der Waals surface area contributed by atoms with Gasteiger partial charge in [-0.2, -0.15) is 0 Å². The average Bonchev–Trinajstić information content (AvgIpc) is 2.48. The van der Waals surface area contributed by atoms with Crippen LogP contribution in [-0.2, 0) is 6.54 Å². The van der Waals surface area contributed by atoms with Crippen molar-refractivity contribution in [2.45, 2.75) is 20.4 Å². The van der Waals surface area contributed by atoms with Gasteiger partial charge in [-0.25, -0.2) is 9.97 Å². The van der Waals surface area contributed by atoms with E-state index in [2.05, 4.69) is 46.2 Å². The molecule has 0 aliphatic heterocycles. The molecule has 0 saturated heterocycles. The minimum Gasteiger partial charge on any atom is -0.381 e. The summed E-state index contributed by atoms with van der Waals surface area (Å²) in [6.07, 6.45) is 3.59. The molecule has 0 spiro atoms. The summed E-state index contributed by atoms with van der Waals surface area (Å²) in [5, 5.41) is 3.79. The van der Waals surface area contributed by atoms with Crippen molar-refractivity contribution in [2.75, 3.05) is 23.3 Å². The minimum absolute atomic E-state index is 0.491. The van der Waals surface area contributed by atoms with Crippen LogP contribution in [0.15, 0.2) is 36.7 Å². The quantitative estimate of drug-likeness (QED) is 0.826. The molecule has 0 amide bonds. The van der Waals surface area contributed by atoms with Gasteiger partial charge in [-0.05, 0) is 37.6 Å². The number of rotatable bonds is 6. The van der Waals surface area contributed by atoms with E-state index in [0.29, 0.717) is 11.7 Å². The molecule has 0 saturated carbocycles. The molecular weight excluding hydrogens is 272 g/mol. The van der Waals surface area contributed by atoms with E-state index in [0.717, 1.165) is 30.2 Å². The van der Waals surface area contributed by atoms with Gasteiger partial charge < -0.3 is 10.2 Å². The maximum absolute atomic E-state index is 5.85. The number of hydrogen-bond acceptors (Lipinski definition) is 4. The highest BCUT2D eigenvalue weighted by molar-refractivity contribution is 6.29. The zero-order valence-electron chi connectivity index (χ0n) is 11.8. The molecule has 0 aliphatic rings. The van der Waals surface area contributed by atoms with Gasteiger partial charge in [0.2, 0.25) is 0 Å². The highest BCUT2D eigenvalue weighted by atomic mass is 35.5. The van der Waals surface area contributed by atoms with Crippen molar-refractivity contribution in [2.24, 2.45) is 0 Å². The van der Waals surface area contributed by atoms with E-state index < -0.39 is 0 Å². The van der Waals surface area contributed by atoms with Crippen molar-refractivity contribution in [3.05, 3.63) is 47.4 Å². The second kappa shape index (κ2) is 7.10. The summed E-state index contributed by atoms with van der Waals surface area (Å²) in [6, 6.07) is 7.85. The predicted molar refractivity (Wildman–Crippen MR) is 84.4 cm³/mol. The predicted octanol–water partition coefficient (Wildman–Crippen LogP) is 3.59. The zero-order chi connectivity index (χ0) is 14.4. The topological polar surface area (TPSA) is 41.0 Å². The van der Waals surface area contributed by atoms with E-state index in [1.807, 2.05) is 12.3 Å². The fourth-order valence-corrected chi connectivity index (χ4v) is 2.15. The number of anilines is 2. The van der Waals surface area contributed by atoms with E-state index in [4.69, 9.17) is 11.6 Å². The molecule has 0 radical (unpaired) electrons. The van der Waals surface area contributed by atoms with Crippen LogP contribution in [0.2, 0.25) is 5.15 Å². The first-order valence-corrected chi connectivity index (χ1v) is 7.16. The molecule has 4 nitrogen and oxygen atoms in total. The summed E-state index contributed by atoms with van der Waals surface area (Å²) >= 11 is 5.85. The van der Waals surface area contributed by atoms with Crippen LogP contribution in [0.4, 0.5) is 11.5 Å². The number of aromatic nitrogens is 2. The molecule has 0 fully saturated rings. The lowest BCUT2D eigenvalue weighted by Crippen LogP contribution is -2.22. The lowest BCUT2D eigenvalue weighted by atomic mass is 10.2. The van der Waals surface area contributed by atoms with Gasteiger partial charge in [-0.1, -0.05) is 17.7 Å². The van der Waals surface area contributed by atoms with Crippen LogP contribution in [0.25, 0.3) is 0 Å². The standard InChI is InChI=1S/C15H19ClN4/c1-3-20(4-2)15-6-5-12(11-19-15)10-18-13-7-8-17-14(16)9-13/h5-9,11H,3-4,10H2,1-2H3,(H,17,18). The first kappa shape index (κ1) is 14.6. The van der Waals surface area contributed by atoms with Crippen LogP contribution >= 0.6 is 11.6 Å². The van der Waals surface area contributed by atoms with Gasteiger partial charge in [-0.3, -0.25) is 0 Å². The molecule has 2 rings (SSSR count). The summed E-state index contributed by atoms with van der Waals surface area (Å²) in [6.45, 7) is 6.92. The lowest BCUT2D eigenvalue weighted by molar-refractivity contribution is 0.844. The van der Waals surface area contributed by atoms with E-state index in [-0.39, 0.29) is 0 Å². The molecule has 1 N–H and O–H groups in total. The number of nitrogens with zero attached hydrogens (tertiary/aromatic N) is 3.